The van der Waals surface area contributed by atoms with Gasteiger partial charge in [-0.15, -0.1) is 0 Å². The first kappa shape index (κ1) is 12.8. The number of carbonyl (C=O) groups is 2. The van der Waals surface area contributed by atoms with E-state index in [1.54, 1.807) is 6.07 Å². The third kappa shape index (κ3) is 2.54. The Labute approximate surface area is 116 Å². The number of esters is 1. The Morgan fingerprint density at radius 3 is 2.85 bits per heavy atom. The predicted molar refractivity (Wildman–Crippen MR) is 74.4 cm³/mol. The summed E-state index contributed by atoms with van der Waals surface area (Å²) in [5, 5.41) is 0.970. The zero-order chi connectivity index (χ0) is 13.9. The maximum absolute atomic E-state index is 12.1. The van der Waals surface area contributed by atoms with Gasteiger partial charge in [-0.05, 0) is 31.4 Å². The van der Waals surface area contributed by atoms with Crippen LogP contribution >= 0.6 is 0 Å². The molecular weight excluding hydrogens is 254 g/mol. The molecule has 0 spiro atoms. The highest BCUT2D eigenvalue weighted by molar-refractivity contribution is 5.93. The minimum absolute atomic E-state index is 0.0189. The molecule has 0 unspecified atom stereocenters. The number of carbonyl (C=O) groups excluding carboxylic acids is 2. The molecule has 0 saturated heterocycles. The maximum Gasteiger partial charge on any atom is 0.357 e. The number of aromatic nitrogens is 1. The molecule has 1 aliphatic rings. The summed E-state index contributed by atoms with van der Waals surface area (Å²) in [4.78, 5) is 28.0. The van der Waals surface area contributed by atoms with Crippen LogP contribution in [0.25, 0.3) is 10.9 Å². The summed E-state index contributed by atoms with van der Waals surface area (Å²) in [5.41, 5.74) is 0.999. The minimum atomic E-state index is -0.593. The first-order valence-corrected chi connectivity index (χ1v) is 6.83. The third-order valence-electron chi connectivity index (χ3n) is 3.56. The molecule has 102 valence electrons. The van der Waals surface area contributed by atoms with E-state index in [0.29, 0.717) is 12.8 Å². The Morgan fingerprint density at radius 1 is 1.15 bits per heavy atom. The molecule has 4 heteroatoms. The lowest BCUT2D eigenvalue weighted by molar-refractivity contribution is -0.129. The molecular formula is C16H15NO3. The van der Waals surface area contributed by atoms with Gasteiger partial charge in [-0.3, -0.25) is 4.79 Å². The van der Waals surface area contributed by atoms with Gasteiger partial charge < -0.3 is 4.74 Å². The van der Waals surface area contributed by atoms with Crippen molar-refractivity contribution in [3.63, 3.8) is 0 Å². The van der Waals surface area contributed by atoms with Crippen LogP contribution in [0.3, 0.4) is 0 Å². The second-order valence-corrected chi connectivity index (χ2v) is 5.00. The molecule has 0 aliphatic heterocycles. The van der Waals surface area contributed by atoms with Crippen LogP contribution in [0.15, 0.2) is 36.4 Å². The van der Waals surface area contributed by atoms with Crippen LogP contribution in [-0.2, 0) is 9.53 Å². The zero-order valence-corrected chi connectivity index (χ0v) is 11.0. The first-order chi connectivity index (χ1) is 9.74. The zero-order valence-electron chi connectivity index (χ0n) is 11.0. The molecule has 4 nitrogen and oxygen atoms in total. The molecule has 1 saturated carbocycles. The number of Topliss-reactive ketones (excluding diaryl/α,β-unsaturated/α-hetero) is 1. The fourth-order valence-corrected chi connectivity index (χ4v) is 2.44. The van der Waals surface area contributed by atoms with Gasteiger partial charge in [-0.2, -0.15) is 0 Å². The molecule has 2 aromatic rings. The van der Waals surface area contributed by atoms with Crippen molar-refractivity contribution >= 4 is 22.7 Å². The van der Waals surface area contributed by atoms with E-state index in [9.17, 15) is 9.59 Å². The van der Waals surface area contributed by atoms with E-state index in [2.05, 4.69) is 4.98 Å². The number of pyridine rings is 1. The number of hydrogen-bond donors (Lipinski definition) is 0. The molecule has 20 heavy (non-hydrogen) atoms. The predicted octanol–water partition coefficient (Wildman–Crippen LogP) is 2.90. The van der Waals surface area contributed by atoms with Crippen LogP contribution in [0.4, 0.5) is 0 Å². The number of benzene rings is 1. The van der Waals surface area contributed by atoms with Crippen LogP contribution < -0.4 is 0 Å². The SMILES string of the molecule is O=C(O[C@@H]1CCCCC1=O)c1ccc2ccccc2n1. The second kappa shape index (κ2) is 5.41. The standard InChI is InChI=1S/C16H15NO3/c18-14-7-3-4-8-15(14)20-16(19)13-10-9-11-5-1-2-6-12(11)17-13/h1-2,5-6,9-10,15H,3-4,7-8H2/t15-/m1/s1. The van der Waals surface area contributed by atoms with Crippen molar-refractivity contribution in [2.45, 2.75) is 31.8 Å². The van der Waals surface area contributed by atoms with Gasteiger partial charge in [-0.25, -0.2) is 9.78 Å². The van der Waals surface area contributed by atoms with Gasteiger partial charge in [-0.1, -0.05) is 24.3 Å². The Bertz CT molecular complexity index is 666. The Kier molecular flexibility index (Phi) is 3.46. The topological polar surface area (TPSA) is 56.3 Å². The van der Waals surface area contributed by atoms with Crippen LogP contribution in [0.5, 0.6) is 0 Å². The summed E-state index contributed by atoms with van der Waals surface area (Å²) in [7, 11) is 0. The number of ketones is 1. The molecule has 0 radical (unpaired) electrons. The summed E-state index contributed by atoms with van der Waals surface area (Å²) in [6.45, 7) is 0. The van der Waals surface area contributed by atoms with Gasteiger partial charge in [0.25, 0.3) is 0 Å². The average Bonchev–Trinajstić information content (AvgIpc) is 2.49. The van der Waals surface area contributed by atoms with Crippen molar-refractivity contribution in [2.24, 2.45) is 0 Å². The molecule has 1 aromatic heterocycles. The van der Waals surface area contributed by atoms with E-state index in [4.69, 9.17) is 4.74 Å². The lowest BCUT2D eigenvalue weighted by Gasteiger charge is -2.20. The van der Waals surface area contributed by atoms with Crippen LogP contribution in [0.2, 0.25) is 0 Å². The number of fused-ring (bicyclic) bond motifs is 1. The maximum atomic E-state index is 12.1. The molecule has 0 amide bonds. The van der Waals surface area contributed by atoms with Gasteiger partial charge in [0, 0.05) is 11.8 Å². The highest BCUT2D eigenvalue weighted by Crippen LogP contribution is 2.19. The number of ether oxygens (including phenoxy) is 1. The number of rotatable bonds is 2. The molecule has 1 aliphatic carbocycles. The monoisotopic (exact) mass is 269 g/mol. The highest BCUT2D eigenvalue weighted by atomic mass is 16.5. The molecule has 0 N–H and O–H groups in total. The largest absolute Gasteiger partial charge is 0.450 e. The Balaban J connectivity index is 1.79. The van der Waals surface area contributed by atoms with E-state index in [1.807, 2.05) is 30.3 Å². The van der Waals surface area contributed by atoms with Crippen LogP contribution in [0, 0.1) is 0 Å². The summed E-state index contributed by atoms with van der Waals surface area (Å²) in [6, 6.07) is 11.0. The highest BCUT2D eigenvalue weighted by Gasteiger charge is 2.26. The minimum Gasteiger partial charge on any atom is -0.450 e. The quantitative estimate of drug-likeness (QED) is 0.787. The number of hydrogen-bond acceptors (Lipinski definition) is 4. The van der Waals surface area contributed by atoms with Crippen molar-refractivity contribution in [1.29, 1.82) is 0 Å². The summed E-state index contributed by atoms with van der Waals surface area (Å²) in [6.07, 6.45) is 2.35. The lowest BCUT2D eigenvalue weighted by atomic mass is 9.96. The number of nitrogens with zero attached hydrogens (tertiary/aromatic N) is 1. The van der Waals surface area contributed by atoms with E-state index >= 15 is 0 Å². The Hall–Kier alpha value is -2.23. The van der Waals surface area contributed by atoms with E-state index in [0.717, 1.165) is 23.7 Å². The van der Waals surface area contributed by atoms with E-state index in [-0.39, 0.29) is 11.5 Å². The molecule has 0 bridgehead atoms. The van der Waals surface area contributed by atoms with Gasteiger partial charge >= 0.3 is 5.97 Å². The second-order valence-electron chi connectivity index (χ2n) is 5.00. The normalized spacial score (nSPS) is 19.0. The van der Waals surface area contributed by atoms with Gasteiger partial charge in [0.2, 0.25) is 0 Å². The van der Waals surface area contributed by atoms with Crippen molar-refractivity contribution < 1.29 is 14.3 Å². The molecule has 1 heterocycles. The molecule has 1 fully saturated rings. The average molecular weight is 269 g/mol. The Morgan fingerprint density at radius 2 is 2.00 bits per heavy atom. The third-order valence-corrected chi connectivity index (χ3v) is 3.56. The fraction of sp³-hybridized carbons (Fsp3) is 0.312. The van der Waals surface area contributed by atoms with Gasteiger partial charge in [0.1, 0.15) is 5.69 Å². The summed E-state index contributed by atoms with van der Waals surface area (Å²) < 4.78 is 5.29. The number of para-hydroxylation sites is 1. The van der Waals surface area contributed by atoms with Gasteiger partial charge in [0.05, 0.1) is 5.52 Å². The van der Waals surface area contributed by atoms with Gasteiger partial charge in [0.15, 0.2) is 11.9 Å². The van der Waals surface area contributed by atoms with Crippen LogP contribution in [-0.4, -0.2) is 22.8 Å². The van der Waals surface area contributed by atoms with E-state index < -0.39 is 12.1 Å². The summed E-state index contributed by atoms with van der Waals surface area (Å²) in [5.74, 6) is -0.499. The van der Waals surface area contributed by atoms with Crippen LogP contribution in [0.1, 0.15) is 36.2 Å². The molecule has 1 atom stereocenters. The lowest BCUT2D eigenvalue weighted by Crippen LogP contribution is -2.30. The van der Waals surface area contributed by atoms with Crippen molar-refractivity contribution in [3.8, 4) is 0 Å². The molecule has 3 rings (SSSR count). The van der Waals surface area contributed by atoms with Crippen molar-refractivity contribution in [1.82, 2.24) is 4.98 Å². The summed E-state index contributed by atoms with van der Waals surface area (Å²) >= 11 is 0. The fourth-order valence-electron chi connectivity index (χ4n) is 2.44. The molecule has 1 aromatic carbocycles. The van der Waals surface area contributed by atoms with Crippen molar-refractivity contribution in [3.05, 3.63) is 42.1 Å². The first-order valence-electron chi connectivity index (χ1n) is 6.83. The van der Waals surface area contributed by atoms with Crippen molar-refractivity contribution in [2.75, 3.05) is 0 Å². The van der Waals surface area contributed by atoms with E-state index in [1.165, 1.54) is 0 Å². The smallest absolute Gasteiger partial charge is 0.357 e.